The quantitative estimate of drug-likeness (QED) is 0.665. The van der Waals surface area contributed by atoms with Gasteiger partial charge in [-0.2, -0.15) is 8.42 Å². The van der Waals surface area contributed by atoms with Crippen molar-refractivity contribution >= 4 is 33.3 Å². The first-order chi connectivity index (χ1) is 6.31. The molecule has 0 radical (unpaired) electrons. The van der Waals surface area contributed by atoms with E-state index in [-0.39, 0.29) is 0 Å². The van der Waals surface area contributed by atoms with Crippen LogP contribution in [0.5, 0.6) is 0 Å². The first-order valence-electron chi connectivity index (χ1n) is 3.70. The number of halogens is 2. The van der Waals surface area contributed by atoms with Crippen molar-refractivity contribution in [1.29, 1.82) is 0 Å². The number of alkyl halides is 2. The molecule has 0 aromatic heterocycles. The second-order valence-corrected chi connectivity index (χ2v) is 5.73. The third kappa shape index (κ3) is 3.46. The molecule has 1 N–H and O–H groups in total. The van der Waals surface area contributed by atoms with E-state index in [0.29, 0.717) is 5.56 Å². The third-order valence-electron chi connectivity index (χ3n) is 1.56. The van der Waals surface area contributed by atoms with E-state index in [9.17, 15) is 8.42 Å². The number of hydrogen-bond acceptors (Lipinski definition) is 2. The zero-order chi connectivity index (χ0) is 10.8. The first-order valence-corrected chi connectivity index (χ1v) is 6.06. The van der Waals surface area contributed by atoms with Gasteiger partial charge in [-0.15, -0.1) is 0 Å². The summed E-state index contributed by atoms with van der Waals surface area (Å²) < 4.78 is 28.2. The summed E-state index contributed by atoms with van der Waals surface area (Å²) in [5, 5.41) is 0. The zero-order valence-corrected chi connectivity index (χ0v) is 9.35. The summed E-state index contributed by atoms with van der Waals surface area (Å²) in [5.74, 6) is -0.729. The molecule has 0 saturated carbocycles. The molecule has 1 aromatic carbocycles. The maximum absolute atomic E-state index is 10.6. The van der Waals surface area contributed by atoms with Crippen molar-refractivity contribution in [3.8, 4) is 0 Å². The minimum atomic E-state index is -4.19. The van der Waals surface area contributed by atoms with Crippen molar-refractivity contribution in [2.45, 2.75) is 4.33 Å². The van der Waals surface area contributed by atoms with Crippen molar-refractivity contribution in [1.82, 2.24) is 0 Å². The predicted molar refractivity (Wildman–Crippen MR) is 56.2 cm³/mol. The fourth-order valence-electron chi connectivity index (χ4n) is 0.994. The van der Waals surface area contributed by atoms with Crippen LogP contribution in [0.15, 0.2) is 30.3 Å². The Hall–Kier alpha value is -0.290. The molecule has 0 spiro atoms. The molecule has 0 saturated heterocycles. The molecule has 0 amide bonds. The lowest BCUT2D eigenvalue weighted by atomic mass is 10.2. The highest BCUT2D eigenvalue weighted by atomic mass is 35.5. The highest BCUT2D eigenvalue weighted by Crippen LogP contribution is 2.34. The zero-order valence-electron chi connectivity index (χ0n) is 7.02. The lowest BCUT2D eigenvalue weighted by Gasteiger charge is -2.17. The number of benzene rings is 1. The SMILES string of the molecule is O=S(=O)(O)CC(Cl)(Cl)c1ccccc1. The lowest BCUT2D eigenvalue weighted by Crippen LogP contribution is -2.22. The second kappa shape index (κ2) is 4.06. The van der Waals surface area contributed by atoms with E-state index in [4.69, 9.17) is 27.8 Å². The molecule has 0 aliphatic carbocycles. The molecule has 78 valence electrons. The topological polar surface area (TPSA) is 54.4 Å². The Morgan fingerprint density at radius 2 is 1.71 bits per heavy atom. The molecule has 0 unspecified atom stereocenters. The molecule has 0 bridgehead atoms. The van der Waals surface area contributed by atoms with Crippen molar-refractivity contribution in [3.63, 3.8) is 0 Å². The minimum absolute atomic E-state index is 0.431. The van der Waals surface area contributed by atoms with Crippen LogP contribution in [0.4, 0.5) is 0 Å². The van der Waals surface area contributed by atoms with Gasteiger partial charge in [0.15, 0.2) is 4.33 Å². The van der Waals surface area contributed by atoms with Crippen LogP contribution < -0.4 is 0 Å². The van der Waals surface area contributed by atoms with Gasteiger partial charge in [0.1, 0.15) is 5.75 Å². The number of hydrogen-bond donors (Lipinski definition) is 1. The normalized spacial score (nSPS) is 12.8. The van der Waals surface area contributed by atoms with Crippen LogP contribution in [0.1, 0.15) is 5.56 Å². The van der Waals surface area contributed by atoms with Crippen LogP contribution in [0.3, 0.4) is 0 Å². The van der Waals surface area contributed by atoms with Gasteiger partial charge in [-0.05, 0) is 5.56 Å². The molecule has 0 fully saturated rings. The van der Waals surface area contributed by atoms with E-state index >= 15 is 0 Å². The molecule has 1 rings (SSSR count). The predicted octanol–water partition coefficient (Wildman–Crippen LogP) is 2.20. The fraction of sp³-hybridized carbons (Fsp3) is 0.250. The summed E-state index contributed by atoms with van der Waals surface area (Å²) in [4.78, 5) is 0. The molecule has 0 atom stereocenters. The highest BCUT2D eigenvalue weighted by Gasteiger charge is 2.32. The lowest BCUT2D eigenvalue weighted by molar-refractivity contribution is 0.480. The summed E-state index contributed by atoms with van der Waals surface area (Å²) >= 11 is 11.5. The van der Waals surface area contributed by atoms with E-state index in [0.717, 1.165) is 0 Å². The van der Waals surface area contributed by atoms with E-state index in [1.807, 2.05) is 0 Å². The van der Waals surface area contributed by atoms with Gasteiger partial charge in [-0.1, -0.05) is 53.5 Å². The maximum atomic E-state index is 10.6. The third-order valence-corrected chi connectivity index (χ3v) is 3.38. The molecule has 6 heteroatoms. The molecule has 0 aliphatic heterocycles. The Bertz CT molecular complexity index is 400. The Kier molecular flexibility index (Phi) is 3.42. The van der Waals surface area contributed by atoms with Gasteiger partial charge in [0.05, 0.1) is 0 Å². The maximum Gasteiger partial charge on any atom is 0.268 e. The summed E-state index contributed by atoms with van der Waals surface area (Å²) in [6.07, 6.45) is 0. The smallest absolute Gasteiger partial charge is 0.268 e. The second-order valence-electron chi connectivity index (χ2n) is 2.80. The molecular weight excluding hydrogens is 247 g/mol. The minimum Gasteiger partial charge on any atom is -0.285 e. The van der Waals surface area contributed by atoms with Gasteiger partial charge < -0.3 is 0 Å². The standard InChI is InChI=1S/C8H8Cl2O3S/c9-8(10,6-14(11,12)13)7-4-2-1-3-5-7/h1-5H,6H2,(H,11,12,13). The van der Waals surface area contributed by atoms with E-state index < -0.39 is 20.2 Å². The Labute approximate surface area is 92.4 Å². The monoisotopic (exact) mass is 254 g/mol. The van der Waals surface area contributed by atoms with E-state index in [1.54, 1.807) is 30.3 Å². The van der Waals surface area contributed by atoms with Gasteiger partial charge in [0.25, 0.3) is 10.1 Å². The molecule has 0 aliphatic rings. The summed E-state index contributed by atoms with van der Waals surface area (Å²) in [6.45, 7) is 0. The van der Waals surface area contributed by atoms with Crippen LogP contribution in [0, 0.1) is 0 Å². The Morgan fingerprint density at radius 3 is 2.14 bits per heavy atom. The molecule has 1 aromatic rings. The molecule has 14 heavy (non-hydrogen) atoms. The highest BCUT2D eigenvalue weighted by molar-refractivity contribution is 7.86. The summed E-state index contributed by atoms with van der Waals surface area (Å²) in [5.41, 5.74) is 0.431. The molecule has 0 heterocycles. The summed E-state index contributed by atoms with van der Waals surface area (Å²) in [6, 6.07) is 8.29. The molecule has 3 nitrogen and oxygen atoms in total. The number of rotatable bonds is 3. The molecular formula is C8H8Cl2O3S. The average Bonchev–Trinajstić information content (AvgIpc) is 2.01. The van der Waals surface area contributed by atoms with Gasteiger partial charge >= 0.3 is 0 Å². The van der Waals surface area contributed by atoms with Crippen LogP contribution in [-0.2, 0) is 14.5 Å². The van der Waals surface area contributed by atoms with E-state index in [1.165, 1.54) is 0 Å². The van der Waals surface area contributed by atoms with Crippen molar-refractivity contribution < 1.29 is 13.0 Å². The van der Waals surface area contributed by atoms with Crippen molar-refractivity contribution in [3.05, 3.63) is 35.9 Å². The first kappa shape index (κ1) is 11.8. The Balaban J connectivity index is 2.97. The van der Waals surface area contributed by atoms with E-state index in [2.05, 4.69) is 0 Å². The van der Waals surface area contributed by atoms with Crippen LogP contribution in [0.2, 0.25) is 0 Å². The van der Waals surface area contributed by atoms with Crippen molar-refractivity contribution in [2.24, 2.45) is 0 Å². The van der Waals surface area contributed by atoms with Gasteiger partial charge in [0, 0.05) is 0 Å². The fourth-order valence-corrected chi connectivity index (χ4v) is 2.70. The van der Waals surface area contributed by atoms with Crippen LogP contribution in [-0.4, -0.2) is 18.7 Å². The van der Waals surface area contributed by atoms with Gasteiger partial charge in [-0.25, -0.2) is 0 Å². The Morgan fingerprint density at radius 1 is 1.21 bits per heavy atom. The van der Waals surface area contributed by atoms with Gasteiger partial charge in [-0.3, -0.25) is 4.55 Å². The van der Waals surface area contributed by atoms with Crippen LogP contribution >= 0.6 is 23.2 Å². The largest absolute Gasteiger partial charge is 0.285 e. The average molecular weight is 255 g/mol. The van der Waals surface area contributed by atoms with Crippen LogP contribution in [0.25, 0.3) is 0 Å². The summed E-state index contributed by atoms with van der Waals surface area (Å²) in [7, 11) is -4.19. The van der Waals surface area contributed by atoms with Gasteiger partial charge in [0.2, 0.25) is 0 Å². The van der Waals surface area contributed by atoms with Crippen molar-refractivity contribution in [2.75, 3.05) is 5.75 Å².